The summed E-state index contributed by atoms with van der Waals surface area (Å²) in [6.45, 7) is 0. The standard InChI is InChI=1S/C12H16ClNO3/c1-17-11-6-5-8(7-9(11)13)10(15)3-2-4-12(14)16/h5-7,10,15H,2-4H2,1H3,(H2,14,16). The summed E-state index contributed by atoms with van der Waals surface area (Å²) in [5, 5.41) is 10.3. The highest BCUT2D eigenvalue weighted by Gasteiger charge is 2.10. The van der Waals surface area contributed by atoms with E-state index < -0.39 is 6.10 Å². The Labute approximate surface area is 105 Å². The minimum absolute atomic E-state index is 0.279. The van der Waals surface area contributed by atoms with Crippen molar-refractivity contribution in [2.75, 3.05) is 7.11 Å². The van der Waals surface area contributed by atoms with Gasteiger partial charge in [0.05, 0.1) is 18.2 Å². The molecule has 0 saturated carbocycles. The maximum atomic E-state index is 10.6. The number of hydrogen-bond acceptors (Lipinski definition) is 3. The summed E-state index contributed by atoms with van der Waals surface area (Å²) in [6.07, 6.45) is 0.671. The molecule has 0 aromatic heterocycles. The second-order valence-electron chi connectivity index (χ2n) is 3.77. The van der Waals surface area contributed by atoms with Gasteiger partial charge in [0, 0.05) is 6.42 Å². The van der Waals surface area contributed by atoms with Crippen molar-refractivity contribution >= 4 is 17.5 Å². The summed E-state index contributed by atoms with van der Waals surface area (Å²) >= 11 is 5.95. The number of aliphatic hydroxyl groups excluding tert-OH is 1. The average molecular weight is 258 g/mol. The number of amides is 1. The zero-order valence-corrected chi connectivity index (χ0v) is 10.4. The third-order valence-electron chi connectivity index (χ3n) is 2.46. The minimum Gasteiger partial charge on any atom is -0.495 e. The largest absolute Gasteiger partial charge is 0.495 e. The van der Waals surface area contributed by atoms with Crippen LogP contribution in [0, 0.1) is 0 Å². The van der Waals surface area contributed by atoms with Crippen molar-refractivity contribution < 1.29 is 14.6 Å². The van der Waals surface area contributed by atoms with Crippen molar-refractivity contribution in [1.82, 2.24) is 0 Å². The number of halogens is 1. The van der Waals surface area contributed by atoms with Crippen molar-refractivity contribution in [3.05, 3.63) is 28.8 Å². The molecule has 0 bridgehead atoms. The summed E-state index contributed by atoms with van der Waals surface area (Å²) in [7, 11) is 1.53. The fourth-order valence-electron chi connectivity index (χ4n) is 1.53. The van der Waals surface area contributed by atoms with Crippen LogP contribution in [0.15, 0.2) is 18.2 Å². The Hall–Kier alpha value is -1.26. The van der Waals surface area contributed by atoms with Crippen LogP contribution in [0.3, 0.4) is 0 Å². The minimum atomic E-state index is -0.641. The van der Waals surface area contributed by atoms with Gasteiger partial charge in [-0.25, -0.2) is 0 Å². The lowest BCUT2D eigenvalue weighted by atomic mass is 10.0. The number of nitrogens with two attached hydrogens (primary N) is 1. The Morgan fingerprint density at radius 2 is 2.29 bits per heavy atom. The van der Waals surface area contributed by atoms with Crippen molar-refractivity contribution in [3.63, 3.8) is 0 Å². The predicted octanol–water partition coefficient (Wildman–Crippen LogP) is 2.04. The Bertz CT molecular complexity index is 395. The third-order valence-corrected chi connectivity index (χ3v) is 2.76. The predicted molar refractivity (Wildman–Crippen MR) is 66.0 cm³/mol. The van der Waals surface area contributed by atoms with Crippen LogP contribution in [0.5, 0.6) is 5.75 Å². The molecule has 1 aromatic rings. The summed E-state index contributed by atoms with van der Waals surface area (Å²) in [5.41, 5.74) is 5.73. The van der Waals surface area contributed by atoms with E-state index in [1.54, 1.807) is 18.2 Å². The highest BCUT2D eigenvalue weighted by molar-refractivity contribution is 6.32. The van der Waals surface area contributed by atoms with Crippen molar-refractivity contribution in [1.29, 1.82) is 0 Å². The van der Waals surface area contributed by atoms with Crippen LogP contribution in [-0.4, -0.2) is 18.1 Å². The van der Waals surface area contributed by atoms with Gasteiger partial charge in [-0.3, -0.25) is 4.79 Å². The number of carbonyl (C=O) groups excluding carboxylic acids is 1. The molecule has 0 fully saturated rings. The van der Waals surface area contributed by atoms with E-state index in [0.717, 1.165) is 0 Å². The van der Waals surface area contributed by atoms with Gasteiger partial charge >= 0.3 is 0 Å². The van der Waals surface area contributed by atoms with Crippen LogP contribution in [0.1, 0.15) is 30.9 Å². The number of rotatable bonds is 6. The van der Waals surface area contributed by atoms with Crippen molar-refractivity contribution in [3.8, 4) is 5.75 Å². The van der Waals surface area contributed by atoms with Gasteiger partial charge in [0.1, 0.15) is 5.75 Å². The molecule has 0 aliphatic rings. The van der Waals surface area contributed by atoms with E-state index in [1.807, 2.05) is 0 Å². The Balaban J connectivity index is 2.59. The molecule has 4 nitrogen and oxygen atoms in total. The average Bonchev–Trinajstić information content (AvgIpc) is 2.28. The molecular formula is C12H16ClNO3. The van der Waals surface area contributed by atoms with Crippen LogP contribution in [0.2, 0.25) is 5.02 Å². The molecule has 17 heavy (non-hydrogen) atoms. The highest BCUT2D eigenvalue weighted by Crippen LogP contribution is 2.29. The smallest absolute Gasteiger partial charge is 0.217 e. The maximum absolute atomic E-state index is 10.6. The first kappa shape index (κ1) is 13.8. The van der Waals surface area contributed by atoms with Crippen LogP contribution < -0.4 is 10.5 Å². The third kappa shape index (κ3) is 4.24. The first-order valence-electron chi connectivity index (χ1n) is 5.34. The number of primary amides is 1. The number of aliphatic hydroxyl groups is 1. The molecule has 0 radical (unpaired) electrons. The fourth-order valence-corrected chi connectivity index (χ4v) is 1.79. The molecule has 1 atom stereocenters. The first-order chi connectivity index (χ1) is 8.04. The van der Waals surface area contributed by atoms with Gasteiger partial charge < -0.3 is 15.6 Å². The molecule has 0 spiro atoms. The normalized spacial score (nSPS) is 12.2. The van der Waals surface area contributed by atoms with Gasteiger partial charge in [-0.2, -0.15) is 0 Å². The van der Waals surface area contributed by atoms with Crippen LogP contribution in [0.25, 0.3) is 0 Å². The summed E-state index contributed by atoms with van der Waals surface area (Å²) in [4.78, 5) is 10.6. The second-order valence-corrected chi connectivity index (χ2v) is 4.18. The van der Waals surface area contributed by atoms with E-state index in [2.05, 4.69) is 0 Å². The van der Waals surface area contributed by atoms with E-state index in [1.165, 1.54) is 7.11 Å². The molecule has 94 valence electrons. The molecule has 5 heteroatoms. The highest BCUT2D eigenvalue weighted by atomic mass is 35.5. The molecule has 1 aromatic carbocycles. The molecule has 1 unspecified atom stereocenters. The van der Waals surface area contributed by atoms with Crippen LogP contribution in [-0.2, 0) is 4.79 Å². The fraction of sp³-hybridized carbons (Fsp3) is 0.417. The number of benzene rings is 1. The number of hydrogen-bond donors (Lipinski definition) is 2. The van der Waals surface area contributed by atoms with E-state index in [9.17, 15) is 9.90 Å². The van der Waals surface area contributed by atoms with Gasteiger partial charge in [0.15, 0.2) is 0 Å². The van der Waals surface area contributed by atoms with Gasteiger partial charge in [0.25, 0.3) is 0 Å². The van der Waals surface area contributed by atoms with Crippen molar-refractivity contribution in [2.24, 2.45) is 5.73 Å². The maximum Gasteiger partial charge on any atom is 0.217 e. The molecule has 1 amide bonds. The lowest BCUT2D eigenvalue weighted by Gasteiger charge is -2.12. The lowest BCUT2D eigenvalue weighted by molar-refractivity contribution is -0.118. The molecular weight excluding hydrogens is 242 g/mol. The van der Waals surface area contributed by atoms with E-state index in [4.69, 9.17) is 22.1 Å². The molecule has 0 heterocycles. The quantitative estimate of drug-likeness (QED) is 0.819. The summed E-state index contributed by atoms with van der Waals surface area (Å²) < 4.78 is 5.02. The summed E-state index contributed by atoms with van der Waals surface area (Å²) in [5.74, 6) is 0.213. The first-order valence-corrected chi connectivity index (χ1v) is 5.72. The zero-order valence-electron chi connectivity index (χ0n) is 9.65. The molecule has 0 aliphatic heterocycles. The van der Waals surface area contributed by atoms with E-state index >= 15 is 0 Å². The Kier molecular flexibility index (Phi) is 5.25. The molecule has 0 saturated heterocycles. The van der Waals surface area contributed by atoms with Gasteiger partial charge in [-0.05, 0) is 30.5 Å². The SMILES string of the molecule is COc1ccc(C(O)CCCC(N)=O)cc1Cl. The number of methoxy groups -OCH3 is 1. The zero-order chi connectivity index (χ0) is 12.8. The number of carbonyl (C=O) groups is 1. The molecule has 0 aliphatic carbocycles. The van der Waals surface area contributed by atoms with Gasteiger partial charge in [0.2, 0.25) is 5.91 Å². The topological polar surface area (TPSA) is 72.6 Å². The number of ether oxygens (including phenoxy) is 1. The monoisotopic (exact) mass is 257 g/mol. The molecule has 1 rings (SSSR count). The molecule has 3 N–H and O–H groups in total. The van der Waals surface area contributed by atoms with Crippen LogP contribution >= 0.6 is 11.6 Å². The van der Waals surface area contributed by atoms with E-state index in [-0.39, 0.29) is 12.3 Å². The Morgan fingerprint density at radius 3 is 2.82 bits per heavy atom. The second kappa shape index (κ2) is 6.47. The Morgan fingerprint density at radius 1 is 1.59 bits per heavy atom. The van der Waals surface area contributed by atoms with E-state index in [0.29, 0.717) is 29.2 Å². The van der Waals surface area contributed by atoms with Gasteiger partial charge in [-0.1, -0.05) is 17.7 Å². The van der Waals surface area contributed by atoms with Gasteiger partial charge in [-0.15, -0.1) is 0 Å². The summed E-state index contributed by atoms with van der Waals surface area (Å²) in [6, 6.07) is 5.12. The lowest BCUT2D eigenvalue weighted by Crippen LogP contribution is -2.10. The van der Waals surface area contributed by atoms with Crippen LogP contribution in [0.4, 0.5) is 0 Å². The van der Waals surface area contributed by atoms with Crippen molar-refractivity contribution in [2.45, 2.75) is 25.4 Å².